The number of pyridine rings is 1. The van der Waals surface area contributed by atoms with E-state index in [4.69, 9.17) is 0 Å². The van der Waals surface area contributed by atoms with Crippen molar-refractivity contribution in [1.29, 1.82) is 0 Å². The lowest BCUT2D eigenvalue weighted by atomic mass is 10.0. The van der Waals surface area contributed by atoms with E-state index in [1.165, 1.54) is 0 Å². The molecule has 0 aliphatic carbocycles. The van der Waals surface area contributed by atoms with Crippen molar-refractivity contribution in [3.8, 4) is 0 Å². The van der Waals surface area contributed by atoms with E-state index >= 15 is 0 Å². The third-order valence-electron chi connectivity index (χ3n) is 3.68. The summed E-state index contributed by atoms with van der Waals surface area (Å²) >= 11 is 0. The number of anilines is 2. The van der Waals surface area contributed by atoms with Crippen molar-refractivity contribution in [2.75, 3.05) is 43.4 Å². The zero-order valence-electron chi connectivity index (χ0n) is 12.5. The van der Waals surface area contributed by atoms with Crippen LogP contribution in [0.2, 0.25) is 0 Å². The quantitative estimate of drug-likeness (QED) is 0.903. The van der Waals surface area contributed by atoms with Gasteiger partial charge in [-0.2, -0.15) is 0 Å². The third kappa shape index (κ3) is 3.00. The van der Waals surface area contributed by atoms with Crippen LogP contribution in [0.1, 0.15) is 20.8 Å². The first kappa shape index (κ1) is 15.0. The molecule has 1 aliphatic heterocycles. The van der Waals surface area contributed by atoms with E-state index in [1.807, 2.05) is 4.90 Å². The number of rotatable bonds is 2. The van der Waals surface area contributed by atoms with E-state index in [-0.39, 0.29) is 17.2 Å². The topological polar surface area (TPSA) is 31.4 Å². The molecule has 6 heteroatoms. The molecule has 1 saturated heterocycles. The lowest BCUT2D eigenvalue weighted by Gasteiger charge is -2.42. The highest BCUT2D eigenvalue weighted by atomic mass is 19.1. The minimum absolute atomic E-state index is 0.0830. The van der Waals surface area contributed by atoms with E-state index in [0.29, 0.717) is 13.1 Å². The Balaban J connectivity index is 2.15. The summed E-state index contributed by atoms with van der Waals surface area (Å²) in [6.07, 6.45) is 0. The van der Waals surface area contributed by atoms with Gasteiger partial charge < -0.3 is 10.2 Å². The minimum Gasteiger partial charge on any atom is -0.371 e. The molecule has 0 unspecified atom stereocenters. The summed E-state index contributed by atoms with van der Waals surface area (Å²) in [6.45, 7) is 9.56. The van der Waals surface area contributed by atoms with E-state index in [1.54, 1.807) is 7.05 Å². The smallest absolute Gasteiger partial charge is 0.168 e. The molecule has 1 aromatic heterocycles. The molecule has 1 fully saturated rings. The first-order chi connectivity index (χ1) is 9.32. The number of nitrogens with one attached hydrogen (secondary N) is 1. The van der Waals surface area contributed by atoms with Crippen molar-refractivity contribution < 1.29 is 8.78 Å². The van der Waals surface area contributed by atoms with Gasteiger partial charge in [-0.3, -0.25) is 4.90 Å². The molecule has 1 N–H and O–H groups in total. The van der Waals surface area contributed by atoms with E-state index in [0.717, 1.165) is 19.2 Å². The Morgan fingerprint density at radius 2 is 1.70 bits per heavy atom. The van der Waals surface area contributed by atoms with Crippen LogP contribution in [-0.2, 0) is 0 Å². The van der Waals surface area contributed by atoms with Gasteiger partial charge in [0.25, 0.3) is 0 Å². The Hall–Kier alpha value is -1.43. The summed E-state index contributed by atoms with van der Waals surface area (Å²) < 4.78 is 27.3. The molecule has 0 bridgehead atoms. The first-order valence-corrected chi connectivity index (χ1v) is 6.86. The zero-order chi connectivity index (χ0) is 14.9. The predicted molar refractivity (Wildman–Crippen MR) is 77.2 cm³/mol. The first-order valence-electron chi connectivity index (χ1n) is 6.86. The Bertz CT molecular complexity index is 477. The van der Waals surface area contributed by atoms with Crippen LogP contribution >= 0.6 is 0 Å². The van der Waals surface area contributed by atoms with Crippen LogP contribution < -0.4 is 10.2 Å². The van der Waals surface area contributed by atoms with Crippen molar-refractivity contribution in [2.24, 2.45) is 0 Å². The molecule has 112 valence electrons. The Labute approximate surface area is 118 Å². The molecule has 0 aromatic carbocycles. The Morgan fingerprint density at radius 3 is 2.20 bits per heavy atom. The Kier molecular flexibility index (Phi) is 4.13. The highest BCUT2D eigenvalue weighted by molar-refractivity contribution is 5.49. The van der Waals surface area contributed by atoms with Crippen molar-refractivity contribution >= 4 is 11.6 Å². The van der Waals surface area contributed by atoms with Crippen LogP contribution in [0.25, 0.3) is 0 Å². The molecule has 1 aromatic rings. The van der Waals surface area contributed by atoms with Gasteiger partial charge in [-0.15, -0.1) is 0 Å². The second-order valence-corrected chi connectivity index (χ2v) is 6.02. The van der Waals surface area contributed by atoms with Gasteiger partial charge in [0.05, 0.1) is 0 Å². The third-order valence-corrected chi connectivity index (χ3v) is 3.68. The molecule has 2 heterocycles. The van der Waals surface area contributed by atoms with Crippen molar-refractivity contribution in [3.05, 3.63) is 17.7 Å². The van der Waals surface area contributed by atoms with Crippen molar-refractivity contribution in [3.63, 3.8) is 0 Å². The highest BCUT2D eigenvalue weighted by Crippen LogP contribution is 2.24. The minimum atomic E-state index is -0.665. The van der Waals surface area contributed by atoms with Crippen LogP contribution in [0.4, 0.5) is 20.4 Å². The van der Waals surface area contributed by atoms with Gasteiger partial charge in [-0.05, 0) is 20.8 Å². The van der Waals surface area contributed by atoms with Crippen LogP contribution in [0.5, 0.6) is 0 Å². The number of nitrogens with zero attached hydrogens (tertiary/aromatic N) is 3. The molecule has 1 aliphatic rings. The van der Waals surface area contributed by atoms with Gasteiger partial charge >= 0.3 is 0 Å². The fourth-order valence-corrected chi connectivity index (χ4v) is 2.44. The zero-order valence-corrected chi connectivity index (χ0v) is 12.5. The molecule has 20 heavy (non-hydrogen) atoms. The van der Waals surface area contributed by atoms with Crippen molar-refractivity contribution in [2.45, 2.75) is 26.3 Å². The average molecular weight is 284 g/mol. The van der Waals surface area contributed by atoms with Gasteiger partial charge in [-0.25, -0.2) is 13.8 Å². The fraction of sp³-hybridized carbons (Fsp3) is 0.643. The predicted octanol–water partition coefficient (Wildman–Crippen LogP) is 2.32. The molecule has 0 atom stereocenters. The van der Waals surface area contributed by atoms with Crippen LogP contribution in [0.3, 0.4) is 0 Å². The van der Waals surface area contributed by atoms with Gasteiger partial charge in [0.1, 0.15) is 0 Å². The summed E-state index contributed by atoms with van der Waals surface area (Å²) in [5.74, 6) is -0.961. The maximum atomic E-state index is 13.9. The highest BCUT2D eigenvalue weighted by Gasteiger charge is 2.27. The van der Waals surface area contributed by atoms with E-state index in [9.17, 15) is 8.78 Å². The van der Waals surface area contributed by atoms with Crippen molar-refractivity contribution in [1.82, 2.24) is 9.88 Å². The summed E-state index contributed by atoms with van der Waals surface area (Å²) in [6, 6.07) is 0.893. The molecule has 4 nitrogen and oxygen atoms in total. The number of halogens is 2. The fourth-order valence-electron chi connectivity index (χ4n) is 2.44. The van der Waals surface area contributed by atoms with Gasteiger partial charge in [0, 0.05) is 44.8 Å². The molecule has 0 saturated carbocycles. The summed E-state index contributed by atoms with van der Waals surface area (Å²) in [5, 5.41) is 2.65. The summed E-state index contributed by atoms with van der Waals surface area (Å²) in [5.41, 5.74) is 0.108. The number of hydrogen-bond acceptors (Lipinski definition) is 4. The Morgan fingerprint density at radius 1 is 1.10 bits per heavy atom. The maximum Gasteiger partial charge on any atom is 0.168 e. The number of hydrogen-bond donors (Lipinski definition) is 1. The summed E-state index contributed by atoms with van der Waals surface area (Å²) in [4.78, 5) is 8.27. The van der Waals surface area contributed by atoms with Gasteiger partial charge in [-0.1, -0.05) is 0 Å². The lowest BCUT2D eigenvalue weighted by molar-refractivity contribution is 0.128. The molecule has 0 radical (unpaired) electrons. The monoisotopic (exact) mass is 284 g/mol. The van der Waals surface area contributed by atoms with Crippen LogP contribution in [-0.4, -0.2) is 48.6 Å². The molecular weight excluding hydrogens is 262 g/mol. The SMILES string of the molecule is CNc1nc(N2CCN(C(C)(C)C)CC2)c(F)cc1F. The average Bonchev–Trinajstić information content (AvgIpc) is 2.38. The second-order valence-electron chi connectivity index (χ2n) is 6.02. The standard InChI is InChI=1S/C14H22F2N4/c1-14(2,3)20-7-5-19(6-8-20)13-11(16)9-10(15)12(17-4)18-13/h9H,5-8H2,1-4H3,(H,17,18). The van der Waals surface area contributed by atoms with Crippen LogP contribution in [0.15, 0.2) is 6.07 Å². The molecule has 0 spiro atoms. The number of piperazine rings is 1. The lowest BCUT2D eigenvalue weighted by Crippen LogP contribution is -2.53. The van der Waals surface area contributed by atoms with E-state index < -0.39 is 11.6 Å². The van der Waals surface area contributed by atoms with Gasteiger partial charge in [0.2, 0.25) is 0 Å². The molecule has 2 rings (SSSR count). The number of aromatic nitrogens is 1. The van der Waals surface area contributed by atoms with E-state index in [2.05, 4.69) is 36.0 Å². The van der Waals surface area contributed by atoms with Crippen LogP contribution in [0, 0.1) is 11.6 Å². The largest absolute Gasteiger partial charge is 0.371 e. The maximum absolute atomic E-state index is 13.9. The molecular formula is C14H22F2N4. The summed E-state index contributed by atoms with van der Waals surface area (Å²) in [7, 11) is 1.57. The second kappa shape index (κ2) is 5.52. The molecule has 0 amide bonds. The normalized spacial score (nSPS) is 17.4. The van der Waals surface area contributed by atoms with Gasteiger partial charge in [0.15, 0.2) is 23.3 Å².